The average Bonchev–Trinajstić information content (AvgIpc) is 2.14. The van der Waals surface area contributed by atoms with E-state index < -0.39 is 6.29 Å². The predicted octanol–water partition coefficient (Wildman–Crippen LogP) is 3.12. The van der Waals surface area contributed by atoms with Gasteiger partial charge < -0.3 is 5.11 Å². The lowest BCUT2D eigenvalue weighted by Crippen LogP contribution is -2.34. The highest BCUT2D eigenvalue weighted by molar-refractivity contribution is 4.70. The van der Waals surface area contributed by atoms with E-state index in [0.29, 0.717) is 5.92 Å². The van der Waals surface area contributed by atoms with Gasteiger partial charge in [0.25, 0.3) is 0 Å². The van der Waals surface area contributed by atoms with Gasteiger partial charge in [-0.25, -0.2) is 9.78 Å². The van der Waals surface area contributed by atoms with Gasteiger partial charge in [-0.15, -0.1) is 0 Å². The molecule has 0 aromatic carbocycles. The van der Waals surface area contributed by atoms with Gasteiger partial charge in [-0.05, 0) is 26.2 Å². The average molecular weight is 218 g/mol. The summed E-state index contributed by atoms with van der Waals surface area (Å²) in [5.74, 6) is 0.448. The van der Waals surface area contributed by atoms with Crippen LogP contribution < -0.4 is 0 Å². The second-order valence-corrected chi connectivity index (χ2v) is 5.09. The first-order valence-corrected chi connectivity index (χ1v) is 5.83. The van der Waals surface area contributed by atoms with Crippen molar-refractivity contribution >= 4 is 0 Å². The number of hydrogen-bond acceptors (Lipinski definition) is 3. The Labute approximate surface area is 93.7 Å². The highest BCUT2D eigenvalue weighted by Gasteiger charge is 2.27. The summed E-state index contributed by atoms with van der Waals surface area (Å²) in [6.45, 7) is 12.1. The van der Waals surface area contributed by atoms with Crippen molar-refractivity contribution in [2.24, 2.45) is 11.8 Å². The van der Waals surface area contributed by atoms with E-state index in [1.54, 1.807) is 0 Å². The summed E-state index contributed by atoms with van der Waals surface area (Å²) in [7, 11) is 0. The fourth-order valence-corrected chi connectivity index (χ4v) is 0.962. The van der Waals surface area contributed by atoms with Gasteiger partial charge in [0, 0.05) is 5.92 Å². The number of aliphatic hydroxyl groups is 1. The van der Waals surface area contributed by atoms with Gasteiger partial charge in [-0.3, -0.25) is 0 Å². The molecule has 0 aliphatic heterocycles. The van der Waals surface area contributed by atoms with E-state index in [1.165, 1.54) is 0 Å². The Morgan fingerprint density at radius 1 is 1.20 bits per heavy atom. The fraction of sp³-hybridized carbons (Fsp3) is 1.00. The molecule has 0 radical (unpaired) electrons. The topological polar surface area (TPSA) is 38.7 Å². The molecule has 3 nitrogen and oxygen atoms in total. The van der Waals surface area contributed by atoms with Crippen molar-refractivity contribution in [1.82, 2.24) is 0 Å². The summed E-state index contributed by atoms with van der Waals surface area (Å²) in [5, 5.41) is 9.65. The second kappa shape index (κ2) is 6.46. The Bertz CT molecular complexity index is 166. The van der Waals surface area contributed by atoms with Gasteiger partial charge in [0.15, 0.2) is 6.29 Å². The van der Waals surface area contributed by atoms with Crippen LogP contribution in [0.1, 0.15) is 54.4 Å². The van der Waals surface area contributed by atoms with Crippen LogP contribution in [0.15, 0.2) is 0 Å². The fourth-order valence-electron chi connectivity index (χ4n) is 0.962. The molecule has 0 aliphatic carbocycles. The molecule has 2 unspecified atom stereocenters. The Balaban J connectivity index is 3.94. The summed E-state index contributed by atoms with van der Waals surface area (Å²) in [4.78, 5) is 10.3. The Morgan fingerprint density at radius 3 is 2.13 bits per heavy atom. The molecule has 0 heterocycles. The van der Waals surface area contributed by atoms with Gasteiger partial charge in [0.2, 0.25) is 0 Å². The molecule has 1 N–H and O–H groups in total. The first kappa shape index (κ1) is 14.9. The molecule has 2 atom stereocenters. The summed E-state index contributed by atoms with van der Waals surface area (Å²) in [6, 6.07) is 0. The third-order valence-electron chi connectivity index (χ3n) is 2.98. The maximum absolute atomic E-state index is 9.65. The maximum Gasteiger partial charge on any atom is 0.191 e. The summed E-state index contributed by atoms with van der Waals surface area (Å²) in [5.41, 5.74) is -0.368. The van der Waals surface area contributed by atoms with Crippen LogP contribution in [0, 0.1) is 11.8 Å². The number of aliphatic hydroxyl groups excluding tert-OH is 1. The third kappa shape index (κ3) is 5.50. The highest BCUT2D eigenvalue weighted by atomic mass is 17.2. The molecular weight excluding hydrogens is 192 g/mol. The van der Waals surface area contributed by atoms with Crippen LogP contribution in [-0.2, 0) is 9.78 Å². The minimum absolute atomic E-state index is 0.109. The standard InChI is InChI=1S/C12H26O3/c1-7-8-10(4)11(13)14-15-12(5,6)9(2)3/h9-11,13H,7-8H2,1-6H3. The SMILES string of the molecule is CCCC(C)C(O)OOC(C)(C)C(C)C. The van der Waals surface area contributed by atoms with Crippen LogP contribution in [0.3, 0.4) is 0 Å². The summed E-state index contributed by atoms with van der Waals surface area (Å²) >= 11 is 0. The van der Waals surface area contributed by atoms with Gasteiger partial charge in [0.05, 0.1) is 0 Å². The quantitative estimate of drug-likeness (QED) is 0.405. The van der Waals surface area contributed by atoms with Crippen molar-refractivity contribution in [1.29, 1.82) is 0 Å². The second-order valence-electron chi connectivity index (χ2n) is 5.09. The van der Waals surface area contributed by atoms with Crippen LogP contribution in [0.5, 0.6) is 0 Å². The molecule has 3 heteroatoms. The molecule has 0 saturated heterocycles. The van der Waals surface area contributed by atoms with Gasteiger partial charge in [-0.2, -0.15) is 0 Å². The van der Waals surface area contributed by atoms with E-state index >= 15 is 0 Å². The zero-order valence-corrected chi connectivity index (χ0v) is 10.9. The first-order valence-electron chi connectivity index (χ1n) is 5.83. The van der Waals surface area contributed by atoms with E-state index in [-0.39, 0.29) is 11.5 Å². The van der Waals surface area contributed by atoms with Gasteiger partial charge >= 0.3 is 0 Å². The zero-order valence-electron chi connectivity index (χ0n) is 10.9. The predicted molar refractivity (Wildman–Crippen MR) is 61.2 cm³/mol. The molecule has 92 valence electrons. The number of hydrogen-bond donors (Lipinski definition) is 1. The lowest BCUT2D eigenvalue weighted by molar-refractivity contribution is -0.427. The van der Waals surface area contributed by atoms with Crippen molar-refractivity contribution in [2.45, 2.75) is 66.3 Å². The molecule has 0 amide bonds. The molecular formula is C12H26O3. The van der Waals surface area contributed by atoms with Crippen LogP contribution >= 0.6 is 0 Å². The van der Waals surface area contributed by atoms with Crippen molar-refractivity contribution < 1.29 is 14.9 Å². The molecule has 0 fully saturated rings. The Hall–Kier alpha value is -0.120. The molecule has 0 spiro atoms. The van der Waals surface area contributed by atoms with E-state index in [0.717, 1.165) is 12.8 Å². The molecule has 0 rings (SSSR count). The summed E-state index contributed by atoms with van der Waals surface area (Å²) < 4.78 is 0. The zero-order chi connectivity index (χ0) is 12.1. The molecule has 15 heavy (non-hydrogen) atoms. The van der Waals surface area contributed by atoms with Gasteiger partial charge in [0.1, 0.15) is 5.60 Å². The lowest BCUT2D eigenvalue weighted by atomic mass is 9.95. The van der Waals surface area contributed by atoms with E-state index in [2.05, 4.69) is 20.8 Å². The summed E-state index contributed by atoms with van der Waals surface area (Å²) in [6.07, 6.45) is 1.14. The van der Waals surface area contributed by atoms with E-state index in [4.69, 9.17) is 9.78 Å². The monoisotopic (exact) mass is 218 g/mol. The highest BCUT2D eigenvalue weighted by Crippen LogP contribution is 2.22. The normalized spacial score (nSPS) is 16.8. The first-order chi connectivity index (χ1) is 6.81. The Morgan fingerprint density at radius 2 is 1.73 bits per heavy atom. The van der Waals surface area contributed by atoms with Crippen molar-refractivity contribution in [2.75, 3.05) is 0 Å². The maximum atomic E-state index is 9.65. The minimum Gasteiger partial charge on any atom is -0.365 e. The molecule has 0 aromatic rings. The van der Waals surface area contributed by atoms with Crippen molar-refractivity contribution in [3.63, 3.8) is 0 Å². The lowest BCUT2D eigenvalue weighted by Gasteiger charge is -2.29. The number of rotatable bonds is 7. The Kier molecular flexibility index (Phi) is 6.41. The smallest absolute Gasteiger partial charge is 0.191 e. The van der Waals surface area contributed by atoms with E-state index in [1.807, 2.05) is 20.8 Å². The van der Waals surface area contributed by atoms with Crippen molar-refractivity contribution in [3.05, 3.63) is 0 Å². The third-order valence-corrected chi connectivity index (χ3v) is 2.98. The van der Waals surface area contributed by atoms with E-state index in [9.17, 15) is 5.11 Å². The minimum atomic E-state index is -0.831. The van der Waals surface area contributed by atoms with Crippen molar-refractivity contribution in [3.8, 4) is 0 Å². The van der Waals surface area contributed by atoms with Gasteiger partial charge in [-0.1, -0.05) is 34.1 Å². The molecule has 0 aromatic heterocycles. The molecule has 0 saturated carbocycles. The molecule has 0 bridgehead atoms. The van der Waals surface area contributed by atoms with Crippen LogP contribution in [0.2, 0.25) is 0 Å². The van der Waals surface area contributed by atoms with Crippen LogP contribution in [-0.4, -0.2) is 17.0 Å². The van der Waals surface area contributed by atoms with Crippen LogP contribution in [0.25, 0.3) is 0 Å². The largest absolute Gasteiger partial charge is 0.365 e. The van der Waals surface area contributed by atoms with Crippen LogP contribution in [0.4, 0.5) is 0 Å². The molecule has 0 aliphatic rings.